The molecule has 0 aromatic heterocycles. The summed E-state index contributed by atoms with van der Waals surface area (Å²) in [6.45, 7) is 0. The average Bonchev–Trinajstić information content (AvgIpc) is 1.86. The van der Waals surface area contributed by atoms with Crippen LogP contribution in [-0.2, 0) is 0 Å². The van der Waals surface area contributed by atoms with Crippen molar-refractivity contribution in [2.75, 3.05) is 0 Å². The first kappa shape index (κ1) is 4.29. The second kappa shape index (κ2) is 1.72. The smallest absolute Gasteiger partial charge is 0.0994 e. The molecule has 1 aliphatic rings. The fourth-order valence-electron chi connectivity index (χ4n) is 0.165. The van der Waals surface area contributed by atoms with Crippen LogP contribution in [-0.4, -0.2) is 9.37 Å². The van der Waals surface area contributed by atoms with Crippen LogP contribution in [0, 0.1) is 0 Å². The van der Waals surface area contributed by atoms with Crippen molar-refractivity contribution in [1.82, 2.24) is 9.35 Å². The molecule has 6 heavy (non-hydrogen) atoms. The minimum absolute atomic E-state index is 1.39. The van der Waals surface area contributed by atoms with E-state index in [1.807, 2.05) is 0 Å². The molecule has 0 unspecified atom stereocenters. The largest absolute Gasteiger partial charge is 0.219 e. The molecule has 0 aromatic carbocycles. The van der Waals surface area contributed by atoms with Crippen LogP contribution in [0.4, 0.5) is 0 Å². The number of nitrogens with one attached hydrogen (secondary N) is 1. The molecule has 1 rings (SSSR count). The Morgan fingerprint density at radius 3 is 3.00 bits per heavy atom. The Morgan fingerprint density at radius 2 is 2.83 bits per heavy atom. The van der Waals surface area contributed by atoms with Gasteiger partial charge in [-0.05, 0) is 0 Å². The van der Waals surface area contributed by atoms with Crippen LogP contribution < -0.4 is 5.53 Å². The monoisotopic (exact) mass is 121 g/mol. The molecule has 1 N–H and O–H groups in total. The summed E-state index contributed by atoms with van der Waals surface area (Å²) >= 11 is 5.24. The first-order valence-electron chi connectivity index (χ1n) is 1.32. The van der Waals surface area contributed by atoms with Gasteiger partial charge in [0.1, 0.15) is 0 Å². The Balaban J connectivity index is 2.32. The fourth-order valence-corrected chi connectivity index (χ4v) is 0.621. The molecular weight excluding hydrogens is 118 g/mol. The third-order valence-corrected chi connectivity index (χ3v) is 1.20. The topological polar surface area (TPSA) is 27.6 Å². The lowest BCUT2D eigenvalue weighted by Crippen LogP contribution is -2.10. The van der Waals surface area contributed by atoms with E-state index in [2.05, 4.69) is 23.5 Å². The molecule has 0 atom stereocenters. The van der Waals surface area contributed by atoms with Crippen molar-refractivity contribution in [2.24, 2.45) is 5.10 Å². The Kier molecular flexibility index (Phi) is 1.23. The van der Waals surface area contributed by atoms with Crippen molar-refractivity contribution >= 4 is 30.3 Å². The molecule has 0 amide bonds. The van der Waals surface area contributed by atoms with Gasteiger partial charge in [0.15, 0.2) is 0 Å². The van der Waals surface area contributed by atoms with Crippen LogP contribution in [0.3, 0.4) is 0 Å². The Labute approximate surface area is 45.4 Å². The van der Waals surface area contributed by atoms with Gasteiger partial charge in [0.2, 0.25) is 0 Å². The van der Waals surface area contributed by atoms with E-state index in [-0.39, 0.29) is 0 Å². The third-order valence-electron chi connectivity index (χ3n) is 0.343. The van der Waals surface area contributed by atoms with Gasteiger partial charge in [-0.1, -0.05) is 16.6 Å². The predicted molar refractivity (Wildman–Crippen MR) is 30.0 cm³/mol. The standard InChI is InChI=1S/CH3N3S2/c5-4-3-2-1-6-4/h1,3,5H. The highest BCUT2D eigenvalue weighted by atomic mass is 32.2. The first-order valence-corrected chi connectivity index (χ1v) is 2.56. The molecule has 0 spiro atoms. The van der Waals surface area contributed by atoms with E-state index in [1.54, 1.807) is 5.55 Å². The summed E-state index contributed by atoms with van der Waals surface area (Å²) in [5.41, 5.74) is 4.21. The summed E-state index contributed by atoms with van der Waals surface area (Å²) in [5, 5.41) is 3.60. The van der Waals surface area contributed by atoms with E-state index >= 15 is 0 Å². The lowest BCUT2D eigenvalue weighted by molar-refractivity contribution is 0.585. The molecule has 3 nitrogen and oxygen atoms in total. The number of hydrogen-bond donors (Lipinski definition) is 2. The maximum atomic E-state index is 3.85. The van der Waals surface area contributed by atoms with Gasteiger partial charge in [-0.2, -0.15) is 5.10 Å². The van der Waals surface area contributed by atoms with Crippen molar-refractivity contribution in [3.8, 4) is 0 Å². The minimum Gasteiger partial charge on any atom is -0.219 e. The molecule has 0 aromatic rings. The van der Waals surface area contributed by atoms with Gasteiger partial charge in [0, 0.05) is 11.9 Å². The molecular formula is CH3N3S2. The zero-order valence-corrected chi connectivity index (χ0v) is 4.54. The number of hydrogen-bond acceptors (Lipinski definition) is 5. The van der Waals surface area contributed by atoms with Crippen LogP contribution in [0.5, 0.6) is 0 Å². The molecule has 0 radical (unpaired) electrons. The van der Waals surface area contributed by atoms with Gasteiger partial charge >= 0.3 is 0 Å². The maximum absolute atomic E-state index is 3.85. The molecule has 0 bridgehead atoms. The highest BCUT2D eigenvalue weighted by Crippen LogP contribution is 2.08. The Hall–Kier alpha value is 0.130. The summed E-state index contributed by atoms with van der Waals surface area (Å²) in [5.74, 6) is 0. The molecule has 5 heteroatoms. The quantitative estimate of drug-likeness (QED) is 0.355. The summed E-state index contributed by atoms with van der Waals surface area (Å²) in [6, 6.07) is 0. The van der Waals surface area contributed by atoms with Crippen molar-refractivity contribution in [3.63, 3.8) is 0 Å². The number of hydrazine groups is 1. The summed E-state index contributed by atoms with van der Waals surface area (Å²) < 4.78 is 1.50. The molecule has 0 aliphatic carbocycles. The van der Waals surface area contributed by atoms with E-state index in [4.69, 9.17) is 0 Å². The molecule has 0 fully saturated rings. The lowest BCUT2D eigenvalue weighted by Gasteiger charge is -1.97. The zero-order valence-electron chi connectivity index (χ0n) is 2.83. The van der Waals surface area contributed by atoms with Crippen LogP contribution in [0.25, 0.3) is 0 Å². The zero-order chi connectivity index (χ0) is 4.41. The predicted octanol–water partition coefficient (Wildman–Crippen LogP) is 0.243. The summed E-state index contributed by atoms with van der Waals surface area (Å²) in [7, 11) is 0. The molecule has 1 heterocycles. The van der Waals surface area contributed by atoms with E-state index < -0.39 is 0 Å². The Bertz CT molecular complexity index is 63.2. The number of rotatable bonds is 0. The van der Waals surface area contributed by atoms with Gasteiger partial charge in [-0.3, -0.25) is 0 Å². The SMILES string of the molecule is SN1NN=CS1. The van der Waals surface area contributed by atoms with Crippen LogP contribution >= 0.6 is 24.8 Å². The van der Waals surface area contributed by atoms with Crippen molar-refractivity contribution in [1.29, 1.82) is 0 Å². The van der Waals surface area contributed by atoms with Gasteiger partial charge in [-0.25, -0.2) is 5.53 Å². The van der Waals surface area contributed by atoms with Gasteiger partial charge < -0.3 is 0 Å². The van der Waals surface area contributed by atoms with Crippen molar-refractivity contribution < 1.29 is 0 Å². The number of nitrogens with zero attached hydrogens (tertiary/aromatic N) is 2. The maximum Gasteiger partial charge on any atom is 0.0994 e. The second-order valence-corrected chi connectivity index (χ2v) is 2.17. The van der Waals surface area contributed by atoms with Crippen molar-refractivity contribution in [2.45, 2.75) is 0 Å². The minimum atomic E-state index is 1.39. The average molecular weight is 121 g/mol. The van der Waals surface area contributed by atoms with Crippen LogP contribution in [0.2, 0.25) is 0 Å². The van der Waals surface area contributed by atoms with E-state index in [0.717, 1.165) is 0 Å². The number of thiol groups is 1. The van der Waals surface area contributed by atoms with Gasteiger partial charge in [0.05, 0.1) is 5.55 Å². The summed E-state index contributed by atoms with van der Waals surface area (Å²) in [6.07, 6.45) is 0. The van der Waals surface area contributed by atoms with E-state index in [9.17, 15) is 0 Å². The lowest BCUT2D eigenvalue weighted by atomic mass is 11.7. The summed E-state index contributed by atoms with van der Waals surface area (Å²) in [4.78, 5) is 0. The van der Waals surface area contributed by atoms with E-state index in [1.165, 1.54) is 15.8 Å². The normalized spacial score (nSPS) is 21.5. The molecule has 1 aliphatic heterocycles. The van der Waals surface area contributed by atoms with Gasteiger partial charge in [0.25, 0.3) is 0 Å². The van der Waals surface area contributed by atoms with Crippen LogP contribution in [0.15, 0.2) is 5.10 Å². The molecule has 0 saturated heterocycles. The van der Waals surface area contributed by atoms with Gasteiger partial charge in [-0.15, -0.1) is 0 Å². The first-order chi connectivity index (χ1) is 2.89. The molecule has 0 saturated carbocycles. The highest BCUT2D eigenvalue weighted by Gasteiger charge is 1.97. The van der Waals surface area contributed by atoms with Crippen LogP contribution in [0.1, 0.15) is 0 Å². The highest BCUT2D eigenvalue weighted by molar-refractivity contribution is 8.15. The Morgan fingerprint density at radius 1 is 2.00 bits per heavy atom. The second-order valence-electron chi connectivity index (χ2n) is 0.713. The van der Waals surface area contributed by atoms with Crippen molar-refractivity contribution in [3.05, 3.63) is 0 Å². The number of hydrazone groups is 1. The fraction of sp³-hybridized carbons (Fsp3) is 0. The molecule has 34 valence electrons. The third kappa shape index (κ3) is 0.796. The van der Waals surface area contributed by atoms with E-state index in [0.29, 0.717) is 0 Å².